The number of hydrogen-bond donors (Lipinski definition) is 1. The third kappa shape index (κ3) is 1.85. The average Bonchev–Trinajstić information content (AvgIpc) is 2.04. The average molecular weight is 167 g/mol. The molecule has 0 aromatic rings. The van der Waals surface area contributed by atoms with E-state index < -0.39 is 0 Å². The van der Waals surface area contributed by atoms with Gasteiger partial charge in [-0.3, -0.25) is 10.3 Å². The molecule has 1 saturated heterocycles. The van der Waals surface area contributed by atoms with Crippen molar-refractivity contribution in [3.8, 4) is 0 Å². The number of amidine groups is 1. The van der Waals surface area contributed by atoms with Crippen LogP contribution in [0, 0.1) is 5.41 Å². The summed E-state index contributed by atoms with van der Waals surface area (Å²) in [6.07, 6.45) is 1.74. The second-order valence-corrected chi connectivity index (χ2v) is 3.39. The summed E-state index contributed by atoms with van der Waals surface area (Å²) in [6.45, 7) is 10.7. The highest BCUT2D eigenvalue weighted by Gasteiger charge is 2.20. The Kier molecular flexibility index (Phi) is 2.87. The molecule has 1 heterocycles. The third-order valence-electron chi connectivity index (χ3n) is 2.28. The summed E-state index contributed by atoms with van der Waals surface area (Å²) in [4.78, 5) is 4.20. The highest BCUT2D eigenvalue weighted by Crippen LogP contribution is 2.06. The van der Waals surface area contributed by atoms with Crippen molar-refractivity contribution in [2.45, 2.75) is 19.9 Å². The first-order chi connectivity index (χ1) is 5.65. The second kappa shape index (κ2) is 3.72. The maximum absolute atomic E-state index is 7.68. The van der Waals surface area contributed by atoms with Gasteiger partial charge in [-0.25, -0.2) is 0 Å². The monoisotopic (exact) mass is 167 g/mol. The lowest BCUT2D eigenvalue weighted by Crippen LogP contribution is -2.49. The number of rotatable bonds is 2. The van der Waals surface area contributed by atoms with Crippen LogP contribution in [0.15, 0.2) is 12.8 Å². The van der Waals surface area contributed by atoms with Gasteiger partial charge < -0.3 is 4.90 Å². The van der Waals surface area contributed by atoms with E-state index in [-0.39, 0.29) is 0 Å². The summed E-state index contributed by atoms with van der Waals surface area (Å²) in [5, 5.41) is 7.68. The second-order valence-electron chi connectivity index (χ2n) is 3.39. The zero-order valence-corrected chi connectivity index (χ0v) is 7.88. The Labute approximate surface area is 74.2 Å². The highest BCUT2D eigenvalue weighted by atomic mass is 15.3. The van der Waals surface area contributed by atoms with Crippen LogP contribution in [0.3, 0.4) is 0 Å². The molecule has 0 spiro atoms. The van der Waals surface area contributed by atoms with E-state index in [1.54, 1.807) is 6.20 Å². The molecule has 1 aliphatic rings. The van der Waals surface area contributed by atoms with Crippen molar-refractivity contribution in [3.05, 3.63) is 12.8 Å². The molecule has 0 aromatic heterocycles. The lowest BCUT2D eigenvalue weighted by Gasteiger charge is -2.36. The highest BCUT2D eigenvalue weighted by molar-refractivity contribution is 5.82. The van der Waals surface area contributed by atoms with Crippen LogP contribution in [-0.4, -0.2) is 41.3 Å². The van der Waals surface area contributed by atoms with Crippen LogP contribution in [-0.2, 0) is 0 Å². The molecule has 1 N–H and O–H groups in total. The normalized spacial score (nSPS) is 20.2. The molecule has 0 unspecified atom stereocenters. The van der Waals surface area contributed by atoms with Crippen LogP contribution in [0.4, 0.5) is 0 Å². The predicted octanol–water partition coefficient (Wildman–Crippen LogP) is 1.13. The van der Waals surface area contributed by atoms with Gasteiger partial charge in [-0.05, 0) is 20.0 Å². The van der Waals surface area contributed by atoms with Gasteiger partial charge in [0, 0.05) is 19.1 Å². The Morgan fingerprint density at radius 1 is 1.50 bits per heavy atom. The molecule has 0 amide bonds. The van der Waals surface area contributed by atoms with Crippen molar-refractivity contribution in [1.29, 1.82) is 5.41 Å². The summed E-state index contributed by atoms with van der Waals surface area (Å²) in [5.41, 5.74) is 0. The minimum Gasteiger partial charge on any atom is -0.335 e. The van der Waals surface area contributed by atoms with Gasteiger partial charge in [-0.15, -0.1) is 0 Å². The standard InChI is InChI=1S/C9H17N3/c1-4-11-5-6-12(8(2)3)7-9(11)10/h4,8,10H,1,5-7H2,2-3H3. The Bertz CT molecular complexity index is 186. The Morgan fingerprint density at radius 3 is 2.58 bits per heavy atom. The Balaban J connectivity index is 2.51. The topological polar surface area (TPSA) is 30.3 Å². The largest absolute Gasteiger partial charge is 0.335 e. The Morgan fingerprint density at radius 2 is 2.17 bits per heavy atom. The van der Waals surface area contributed by atoms with E-state index in [1.165, 1.54) is 0 Å². The fraction of sp³-hybridized carbons (Fsp3) is 0.667. The summed E-state index contributed by atoms with van der Waals surface area (Å²) >= 11 is 0. The summed E-state index contributed by atoms with van der Waals surface area (Å²) in [6, 6.07) is 0.539. The van der Waals surface area contributed by atoms with Gasteiger partial charge in [0.05, 0.1) is 6.54 Å². The zero-order valence-electron chi connectivity index (χ0n) is 7.88. The lowest BCUT2D eigenvalue weighted by atomic mass is 10.2. The van der Waals surface area contributed by atoms with Crippen molar-refractivity contribution in [1.82, 2.24) is 9.80 Å². The third-order valence-corrected chi connectivity index (χ3v) is 2.28. The van der Waals surface area contributed by atoms with Crippen molar-refractivity contribution in [2.75, 3.05) is 19.6 Å². The van der Waals surface area contributed by atoms with Gasteiger partial charge in [0.25, 0.3) is 0 Å². The Hall–Kier alpha value is -0.830. The van der Waals surface area contributed by atoms with E-state index >= 15 is 0 Å². The van der Waals surface area contributed by atoms with E-state index in [9.17, 15) is 0 Å². The molecule has 1 aliphatic heterocycles. The van der Waals surface area contributed by atoms with Gasteiger partial charge in [0.1, 0.15) is 5.84 Å². The number of piperazine rings is 1. The minimum atomic E-state index is 0.539. The van der Waals surface area contributed by atoms with Crippen molar-refractivity contribution < 1.29 is 0 Å². The maximum atomic E-state index is 7.68. The zero-order chi connectivity index (χ0) is 9.14. The molecule has 0 aliphatic carbocycles. The number of nitrogens with zero attached hydrogens (tertiary/aromatic N) is 2. The summed E-state index contributed by atoms with van der Waals surface area (Å²) in [5.74, 6) is 0.657. The van der Waals surface area contributed by atoms with Crippen LogP contribution in [0.2, 0.25) is 0 Å². The molecule has 0 atom stereocenters. The van der Waals surface area contributed by atoms with Crippen molar-refractivity contribution in [2.24, 2.45) is 0 Å². The van der Waals surface area contributed by atoms with Gasteiger partial charge in [0.15, 0.2) is 0 Å². The number of hydrogen-bond acceptors (Lipinski definition) is 2. The maximum Gasteiger partial charge on any atom is 0.114 e. The van der Waals surface area contributed by atoms with Gasteiger partial charge in [-0.2, -0.15) is 0 Å². The van der Waals surface area contributed by atoms with Crippen LogP contribution in [0.1, 0.15) is 13.8 Å². The molecule has 1 fully saturated rings. The molecule has 0 radical (unpaired) electrons. The molecule has 68 valence electrons. The molecular weight excluding hydrogens is 150 g/mol. The van der Waals surface area contributed by atoms with Gasteiger partial charge in [-0.1, -0.05) is 6.58 Å². The predicted molar refractivity (Wildman–Crippen MR) is 51.3 cm³/mol. The molecular formula is C9H17N3. The fourth-order valence-electron chi connectivity index (χ4n) is 1.38. The molecule has 3 heteroatoms. The van der Waals surface area contributed by atoms with Crippen LogP contribution >= 0.6 is 0 Å². The van der Waals surface area contributed by atoms with Gasteiger partial charge >= 0.3 is 0 Å². The van der Waals surface area contributed by atoms with E-state index in [0.29, 0.717) is 11.9 Å². The summed E-state index contributed by atoms with van der Waals surface area (Å²) in [7, 11) is 0. The van der Waals surface area contributed by atoms with Gasteiger partial charge in [0.2, 0.25) is 0 Å². The van der Waals surface area contributed by atoms with Crippen molar-refractivity contribution >= 4 is 5.84 Å². The molecule has 1 rings (SSSR count). The SMILES string of the molecule is C=CN1CCN(C(C)C)CC1=N. The molecule has 3 nitrogen and oxygen atoms in total. The fourth-order valence-corrected chi connectivity index (χ4v) is 1.38. The van der Waals surface area contributed by atoms with E-state index in [0.717, 1.165) is 19.6 Å². The van der Waals surface area contributed by atoms with Crippen LogP contribution in [0.25, 0.3) is 0 Å². The van der Waals surface area contributed by atoms with E-state index in [2.05, 4.69) is 25.3 Å². The van der Waals surface area contributed by atoms with Crippen LogP contribution < -0.4 is 0 Å². The first kappa shape index (κ1) is 9.26. The smallest absolute Gasteiger partial charge is 0.114 e. The molecule has 0 saturated carbocycles. The van der Waals surface area contributed by atoms with Crippen molar-refractivity contribution in [3.63, 3.8) is 0 Å². The first-order valence-corrected chi connectivity index (χ1v) is 4.36. The summed E-state index contributed by atoms with van der Waals surface area (Å²) < 4.78 is 0. The molecule has 12 heavy (non-hydrogen) atoms. The van der Waals surface area contributed by atoms with E-state index in [4.69, 9.17) is 5.41 Å². The molecule has 0 bridgehead atoms. The van der Waals surface area contributed by atoms with Crippen LogP contribution in [0.5, 0.6) is 0 Å². The quantitative estimate of drug-likeness (QED) is 0.668. The molecule has 0 aromatic carbocycles. The minimum absolute atomic E-state index is 0.539. The lowest BCUT2D eigenvalue weighted by molar-refractivity contribution is 0.210. The number of nitrogens with one attached hydrogen (secondary N) is 1. The van der Waals surface area contributed by atoms with E-state index in [1.807, 2.05) is 4.90 Å². The first-order valence-electron chi connectivity index (χ1n) is 4.36.